The molecule has 0 spiro atoms. The van der Waals surface area contributed by atoms with E-state index in [0.29, 0.717) is 17.3 Å². The normalized spacial score (nSPS) is 15.6. The molecule has 1 aromatic carbocycles. The van der Waals surface area contributed by atoms with Gasteiger partial charge in [0.15, 0.2) is 0 Å². The van der Waals surface area contributed by atoms with Crippen molar-refractivity contribution in [3.8, 4) is 0 Å². The molecule has 2 rings (SSSR count). The summed E-state index contributed by atoms with van der Waals surface area (Å²) >= 11 is 2.15. The lowest BCUT2D eigenvalue weighted by molar-refractivity contribution is -0.120. The Balaban J connectivity index is 1.81. The van der Waals surface area contributed by atoms with E-state index in [0.717, 1.165) is 16.4 Å². The maximum Gasteiger partial charge on any atom is 0.271 e. The average molecular weight is 413 g/mol. The van der Waals surface area contributed by atoms with Crippen LogP contribution in [-0.4, -0.2) is 23.6 Å². The molecule has 2 amide bonds. The third-order valence-corrected chi connectivity index (χ3v) is 4.24. The van der Waals surface area contributed by atoms with Crippen LogP contribution in [0.3, 0.4) is 0 Å². The Labute approximate surface area is 144 Å². The number of nitrogens with zero attached hydrogens (tertiary/aromatic N) is 1. The molecule has 0 heterocycles. The number of rotatable bonds is 5. The number of amides is 2. The monoisotopic (exact) mass is 413 g/mol. The van der Waals surface area contributed by atoms with Crippen LogP contribution in [0.5, 0.6) is 0 Å². The van der Waals surface area contributed by atoms with Crippen LogP contribution in [0.25, 0.3) is 0 Å². The molecule has 0 aliphatic heterocycles. The summed E-state index contributed by atoms with van der Waals surface area (Å²) < 4.78 is 0.988. The third kappa shape index (κ3) is 5.40. The molecule has 0 saturated heterocycles. The van der Waals surface area contributed by atoms with Gasteiger partial charge in [-0.15, -0.1) is 0 Å². The Morgan fingerprint density at radius 2 is 2.05 bits per heavy atom. The van der Waals surface area contributed by atoms with Crippen molar-refractivity contribution in [2.75, 3.05) is 0 Å². The van der Waals surface area contributed by atoms with Crippen LogP contribution in [0.2, 0.25) is 0 Å². The van der Waals surface area contributed by atoms with Crippen molar-refractivity contribution in [2.24, 2.45) is 5.10 Å². The van der Waals surface area contributed by atoms with E-state index in [1.165, 1.54) is 12.8 Å². The van der Waals surface area contributed by atoms with E-state index in [-0.39, 0.29) is 18.2 Å². The first-order valence-corrected chi connectivity index (χ1v) is 8.51. The Morgan fingerprint density at radius 3 is 2.73 bits per heavy atom. The minimum Gasteiger partial charge on any atom is -0.353 e. The molecule has 0 bridgehead atoms. The minimum atomic E-state index is -0.269. The Hall–Kier alpha value is -1.44. The van der Waals surface area contributed by atoms with Crippen molar-refractivity contribution in [1.29, 1.82) is 0 Å². The van der Waals surface area contributed by atoms with E-state index in [1.807, 2.05) is 12.1 Å². The molecule has 0 unspecified atom stereocenters. The van der Waals surface area contributed by atoms with E-state index >= 15 is 0 Å². The zero-order valence-electron chi connectivity index (χ0n) is 12.6. The number of nitrogens with one attached hydrogen (secondary N) is 2. The molecule has 0 radical (unpaired) electrons. The number of halogens is 1. The lowest BCUT2D eigenvalue weighted by Gasteiger charge is -2.11. The average Bonchev–Trinajstić information content (AvgIpc) is 2.97. The summed E-state index contributed by atoms with van der Waals surface area (Å²) in [6, 6.07) is 7.56. The number of hydrazone groups is 1. The molecule has 6 heteroatoms. The molecular formula is C16H20IN3O2. The zero-order chi connectivity index (χ0) is 15.9. The van der Waals surface area contributed by atoms with Gasteiger partial charge < -0.3 is 5.32 Å². The van der Waals surface area contributed by atoms with Gasteiger partial charge >= 0.3 is 0 Å². The minimum absolute atomic E-state index is 0.0309. The molecule has 1 fully saturated rings. The first kappa shape index (κ1) is 16.9. The van der Waals surface area contributed by atoms with E-state index in [9.17, 15) is 9.59 Å². The fraction of sp³-hybridized carbons (Fsp3) is 0.438. The zero-order valence-corrected chi connectivity index (χ0v) is 14.7. The van der Waals surface area contributed by atoms with Gasteiger partial charge in [-0.1, -0.05) is 18.9 Å². The van der Waals surface area contributed by atoms with Crippen molar-refractivity contribution in [2.45, 2.75) is 45.1 Å². The highest BCUT2D eigenvalue weighted by Gasteiger charge is 2.17. The van der Waals surface area contributed by atoms with Crippen LogP contribution in [-0.2, 0) is 4.79 Å². The Morgan fingerprint density at radius 1 is 1.32 bits per heavy atom. The van der Waals surface area contributed by atoms with E-state index in [4.69, 9.17) is 0 Å². The molecular weight excluding hydrogens is 393 g/mol. The second kappa shape index (κ2) is 8.26. The summed E-state index contributed by atoms with van der Waals surface area (Å²) in [4.78, 5) is 23.8. The molecule has 1 aliphatic rings. The van der Waals surface area contributed by atoms with Gasteiger partial charge in [-0.3, -0.25) is 9.59 Å². The van der Waals surface area contributed by atoms with Gasteiger partial charge in [-0.2, -0.15) is 5.10 Å². The van der Waals surface area contributed by atoms with Crippen LogP contribution in [0, 0.1) is 3.57 Å². The molecule has 22 heavy (non-hydrogen) atoms. The van der Waals surface area contributed by atoms with Crippen LogP contribution in [0.1, 0.15) is 49.4 Å². The number of carbonyl (C=O) groups is 2. The maximum atomic E-state index is 11.9. The van der Waals surface area contributed by atoms with Crippen LogP contribution in [0.4, 0.5) is 0 Å². The number of carbonyl (C=O) groups excluding carboxylic acids is 2. The van der Waals surface area contributed by atoms with Gasteiger partial charge in [-0.25, -0.2) is 5.43 Å². The smallest absolute Gasteiger partial charge is 0.271 e. The largest absolute Gasteiger partial charge is 0.353 e. The van der Waals surface area contributed by atoms with Crippen molar-refractivity contribution in [3.05, 3.63) is 33.4 Å². The predicted octanol–water partition coefficient (Wildman–Crippen LogP) is 2.85. The molecule has 1 saturated carbocycles. The first-order valence-electron chi connectivity index (χ1n) is 7.43. The molecule has 0 aromatic heterocycles. The van der Waals surface area contributed by atoms with Gasteiger partial charge in [0.2, 0.25) is 5.91 Å². The highest BCUT2D eigenvalue weighted by molar-refractivity contribution is 14.1. The van der Waals surface area contributed by atoms with Crippen LogP contribution in [0.15, 0.2) is 29.4 Å². The molecule has 1 aromatic rings. The van der Waals surface area contributed by atoms with Crippen molar-refractivity contribution in [3.63, 3.8) is 0 Å². The number of benzene rings is 1. The summed E-state index contributed by atoms with van der Waals surface area (Å²) in [6.07, 6.45) is 4.70. The second-order valence-electron chi connectivity index (χ2n) is 5.52. The summed E-state index contributed by atoms with van der Waals surface area (Å²) in [6.45, 7) is 1.74. The van der Waals surface area contributed by atoms with Crippen molar-refractivity contribution < 1.29 is 9.59 Å². The van der Waals surface area contributed by atoms with Gasteiger partial charge in [0.05, 0.1) is 6.42 Å². The van der Waals surface area contributed by atoms with Crippen molar-refractivity contribution in [1.82, 2.24) is 10.7 Å². The van der Waals surface area contributed by atoms with Gasteiger partial charge in [-0.05, 0) is 60.6 Å². The summed E-state index contributed by atoms with van der Waals surface area (Å²) in [5, 5.41) is 7.00. The summed E-state index contributed by atoms with van der Waals surface area (Å²) in [5.41, 5.74) is 3.64. The maximum absolute atomic E-state index is 11.9. The topological polar surface area (TPSA) is 70.6 Å². The highest BCUT2D eigenvalue weighted by atomic mass is 127. The van der Waals surface area contributed by atoms with Crippen LogP contribution >= 0.6 is 22.6 Å². The van der Waals surface area contributed by atoms with Gasteiger partial charge in [0.1, 0.15) is 0 Å². The lowest BCUT2D eigenvalue weighted by Crippen LogP contribution is -2.33. The fourth-order valence-corrected chi connectivity index (χ4v) is 3.00. The molecule has 1 aliphatic carbocycles. The summed E-state index contributed by atoms with van der Waals surface area (Å²) in [5.74, 6) is -0.300. The number of hydrogen-bond acceptors (Lipinski definition) is 3. The van der Waals surface area contributed by atoms with E-state index in [2.05, 4.69) is 38.4 Å². The standard InChI is InChI=1S/C16H20IN3O2/c1-11(9-15(21)18-14-7-2-3-8-14)19-20-16(22)12-5-4-6-13(17)10-12/h4-6,10,14H,2-3,7-9H2,1H3,(H,18,21)(H,20,22). The van der Waals surface area contributed by atoms with E-state index < -0.39 is 0 Å². The lowest BCUT2D eigenvalue weighted by atomic mass is 10.2. The Kier molecular flexibility index (Phi) is 6.35. The first-order chi connectivity index (χ1) is 10.5. The SMILES string of the molecule is CC(CC(=O)NC1CCCC1)=NNC(=O)c1cccc(I)c1. The summed E-state index contributed by atoms with van der Waals surface area (Å²) in [7, 11) is 0. The van der Waals surface area contributed by atoms with E-state index in [1.54, 1.807) is 19.1 Å². The molecule has 2 N–H and O–H groups in total. The van der Waals surface area contributed by atoms with Crippen LogP contribution < -0.4 is 10.7 Å². The Bertz CT molecular complexity index is 581. The highest BCUT2D eigenvalue weighted by Crippen LogP contribution is 2.17. The van der Waals surface area contributed by atoms with Gasteiger partial charge in [0.25, 0.3) is 5.91 Å². The molecule has 0 atom stereocenters. The molecule has 118 valence electrons. The van der Waals surface area contributed by atoms with Crippen molar-refractivity contribution >= 4 is 40.1 Å². The predicted molar refractivity (Wildman–Crippen MR) is 94.7 cm³/mol. The van der Waals surface area contributed by atoms with Gasteiger partial charge in [0, 0.05) is 20.9 Å². The second-order valence-corrected chi connectivity index (χ2v) is 6.77. The molecule has 5 nitrogen and oxygen atoms in total. The quantitative estimate of drug-likeness (QED) is 0.443. The fourth-order valence-electron chi connectivity index (χ4n) is 2.46. The number of hydrogen-bond donors (Lipinski definition) is 2. The third-order valence-electron chi connectivity index (χ3n) is 3.57.